The van der Waals surface area contributed by atoms with Crippen molar-refractivity contribution < 1.29 is 0 Å². The van der Waals surface area contributed by atoms with Gasteiger partial charge >= 0.3 is 0 Å². The predicted molar refractivity (Wildman–Crippen MR) is 104 cm³/mol. The van der Waals surface area contributed by atoms with Gasteiger partial charge < -0.3 is 5.32 Å². The van der Waals surface area contributed by atoms with Crippen LogP contribution in [-0.4, -0.2) is 36.1 Å². The van der Waals surface area contributed by atoms with Gasteiger partial charge in [-0.3, -0.25) is 4.90 Å². The summed E-state index contributed by atoms with van der Waals surface area (Å²) in [7, 11) is 0. The fraction of sp³-hybridized carbons (Fsp3) is 0.471. The molecule has 2 heterocycles. The Morgan fingerprint density at radius 2 is 1.78 bits per heavy atom. The summed E-state index contributed by atoms with van der Waals surface area (Å²) in [5, 5.41) is 6.70. The molecule has 0 atom stereocenters. The van der Waals surface area contributed by atoms with E-state index in [4.69, 9.17) is 4.98 Å². The molecule has 0 amide bonds. The van der Waals surface area contributed by atoms with Crippen LogP contribution in [0.4, 0.5) is 0 Å². The lowest BCUT2D eigenvalue weighted by atomic mass is 10.1. The van der Waals surface area contributed by atoms with Gasteiger partial charge in [-0.25, -0.2) is 4.98 Å². The zero-order valence-corrected chi connectivity index (χ0v) is 16.1. The lowest BCUT2D eigenvalue weighted by Gasteiger charge is -2.27. The van der Waals surface area contributed by atoms with Crippen molar-refractivity contribution in [2.45, 2.75) is 26.3 Å². The number of hydrogen-bond acceptors (Lipinski definition) is 4. The molecule has 2 aromatic rings. The third-order valence-corrected chi connectivity index (χ3v) is 4.84. The second kappa shape index (κ2) is 9.60. The first kappa shape index (κ1) is 20.4. The third-order valence-electron chi connectivity index (χ3n) is 3.93. The van der Waals surface area contributed by atoms with E-state index in [2.05, 4.69) is 53.7 Å². The van der Waals surface area contributed by atoms with Gasteiger partial charge in [0.2, 0.25) is 0 Å². The van der Waals surface area contributed by atoms with Crippen molar-refractivity contribution in [1.82, 2.24) is 15.2 Å². The zero-order chi connectivity index (χ0) is 14.7. The molecular formula is C17H25Cl2N3S. The van der Waals surface area contributed by atoms with E-state index in [0.717, 1.165) is 37.7 Å². The largest absolute Gasteiger partial charge is 0.314 e. The van der Waals surface area contributed by atoms with E-state index >= 15 is 0 Å². The fourth-order valence-electron chi connectivity index (χ4n) is 2.56. The second-order valence-corrected chi connectivity index (χ2v) is 6.81. The van der Waals surface area contributed by atoms with Crippen molar-refractivity contribution in [3.05, 3.63) is 40.9 Å². The quantitative estimate of drug-likeness (QED) is 0.870. The van der Waals surface area contributed by atoms with Gasteiger partial charge in [-0.1, -0.05) is 38.1 Å². The molecule has 128 valence electrons. The Morgan fingerprint density at radius 1 is 1.13 bits per heavy atom. The van der Waals surface area contributed by atoms with E-state index in [-0.39, 0.29) is 24.8 Å². The molecule has 1 aliphatic heterocycles. The van der Waals surface area contributed by atoms with Crippen molar-refractivity contribution in [2.24, 2.45) is 0 Å². The maximum atomic E-state index is 4.73. The van der Waals surface area contributed by atoms with Gasteiger partial charge in [0.1, 0.15) is 5.01 Å². The van der Waals surface area contributed by atoms with Crippen LogP contribution in [0.2, 0.25) is 0 Å². The number of nitrogens with one attached hydrogen (secondary N) is 1. The minimum Gasteiger partial charge on any atom is -0.314 e. The van der Waals surface area contributed by atoms with Crippen LogP contribution in [-0.2, 0) is 6.54 Å². The number of benzene rings is 1. The van der Waals surface area contributed by atoms with Crippen LogP contribution in [0.3, 0.4) is 0 Å². The third kappa shape index (κ3) is 5.44. The molecular weight excluding hydrogens is 349 g/mol. The molecule has 3 nitrogen and oxygen atoms in total. The molecule has 0 aliphatic carbocycles. The smallest absolute Gasteiger partial charge is 0.123 e. The Morgan fingerprint density at radius 3 is 2.35 bits per heavy atom. The van der Waals surface area contributed by atoms with Crippen molar-refractivity contribution in [2.75, 3.05) is 26.2 Å². The Labute approximate surface area is 155 Å². The Hall–Kier alpha value is -0.650. The molecule has 0 unspecified atom stereocenters. The summed E-state index contributed by atoms with van der Waals surface area (Å²) in [5.74, 6) is 0.502. The Kier molecular flexibility index (Phi) is 8.51. The molecule has 23 heavy (non-hydrogen) atoms. The molecule has 0 saturated carbocycles. The van der Waals surface area contributed by atoms with Gasteiger partial charge in [0.15, 0.2) is 0 Å². The summed E-state index contributed by atoms with van der Waals surface area (Å²) in [6.45, 7) is 9.93. The van der Waals surface area contributed by atoms with Gasteiger partial charge in [-0.15, -0.1) is 36.2 Å². The summed E-state index contributed by atoms with van der Waals surface area (Å²) < 4.78 is 0. The first-order valence-electron chi connectivity index (χ1n) is 7.70. The average molecular weight is 374 g/mol. The van der Waals surface area contributed by atoms with E-state index < -0.39 is 0 Å². The molecule has 0 radical (unpaired) electrons. The molecule has 1 N–H and O–H groups in total. The second-order valence-electron chi connectivity index (χ2n) is 5.96. The highest BCUT2D eigenvalue weighted by Gasteiger charge is 2.11. The number of piperazine rings is 1. The summed E-state index contributed by atoms with van der Waals surface area (Å²) >= 11 is 1.74. The minimum atomic E-state index is 0. The molecule has 1 aromatic heterocycles. The Balaban J connectivity index is 0.00000132. The predicted octanol–water partition coefficient (Wildman–Crippen LogP) is 4.18. The molecule has 3 rings (SSSR count). The topological polar surface area (TPSA) is 28.2 Å². The van der Waals surface area contributed by atoms with Crippen LogP contribution in [0.5, 0.6) is 0 Å². The van der Waals surface area contributed by atoms with Gasteiger partial charge in [0, 0.05) is 43.7 Å². The number of nitrogens with zero attached hydrogens (tertiary/aromatic N) is 2. The van der Waals surface area contributed by atoms with Gasteiger partial charge in [0.25, 0.3) is 0 Å². The molecule has 1 saturated heterocycles. The molecule has 1 aliphatic rings. The van der Waals surface area contributed by atoms with Gasteiger partial charge in [0.05, 0.1) is 5.69 Å². The van der Waals surface area contributed by atoms with Crippen LogP contribution in [0.1, 0.15) is 31.0 Å². The van der Waals surface area contributed by atoms with Crippen LogP contribution < -0.4 is 5.32 Å². The summed E-state index contributed by atoms with van der Waals surface area (Å²) in [6.07, 6.45) is 0. The maximum Gasteiger partial charge on any atom is 0.123 e. The Bertz CT molecular complexity index is 578. The number of aromatic nitrogens is 1. The molecule has 0 bridgehead atoms. The SMILES string of the molecule is CC(C)c1csc(-c2ccc(CN3CCNCC3)cc2)n1.Cl.Cl. The van der Waals surface area contributed by atoms with E-state index in [0.29, 0.717) is 5.92 Å². The average Bonchev–Trinajstić information content (AvgIpc) is 2.99. The van der Waals surface area contributed by atoms with Gasteiger partial charge in [-0.2, -0.15) is 0 Å². The van der Waals surface area contributed by atoms with Crippen molar-refractivity contribution in [1.29, 1.82) is 0 Å². The monoisotopic (exact) mass is 373 g/mol. The van der Waals surface area contributed by atoms with E-state index in [1.807, 2.05) is 0 Å². The van der Waals surface area contributed by atoms with Crippen LogP contribution in [0.25, 0.3) is 10.6 Å². The fourth-order valence-corrected chi connectivity index (χ4v) is 3.55. The van der Waals surface area contributed by atoms with E-state index in [1.54, 1.807) is 11.3 Å². The zero-order valence-electron chi connectivity index (χ0n) is 13.6. The van der Waals surface area contributed by atoms with Gasteiger partial charge in [-0.05, 0) is 11.5 Å². The highest BCUT2D eigenvalue weighted by molar-refractivity contribution is 7.13. The normalized spacial score (nSPS) is 15.1. The lowest BCUT2D eigenvalue weighted by molar-refractivity contribution is 0.233. The molecule has 1 fully saturated rings. The lowest BCUT2D eigenvalue weighted by Crippen LogP contribution is -2.42. The number of hydrogen-bond donors (Lipinski definition) is 1. The highest BCUT2D eigenvalue weighted by atomic mass is 35.5. The standard InChI is InChI=1S/C17H23N3S.2ClH/c1-13(2)16-12-21-17(19-16)15-5-3-14(4-6-15)11-20-9-7-18-8-10-20;;/h3-6,12-13,18H,7-11H2,1-2H3;2*1H. The molecule has 0 spiro atoms. The van der Waals surface area contributed by atoms with Crippen LogP contribution in [0.15, 0.2) is 29.6 Å². The number of halogens is 2. The van der Waals surface area contributed by atoms with Crippen molar-refractivity contribution >= 4 is 36.2 Å². The van der Waals surface area contributed by atoms with E-state index in [1.165, 1.54) is 16.8 Å². The van der Waals surface area contributed by atoms with E-state index in [9.17, 15) is 0 Å². The first-order valence-corrected chi connectivity index (χ1v) is 8.58. The summed E-state index contributed by atoms with van der Waals surface area (Å²) in [4.78, 5) is 7.23. The van der Waals surface area contributed by atoms with Crippen LogP contribution >= 0.6 is 36.2 Å². The summed E-state index contributed by atoms with van der Waals surface area (Å²) in [5.41, 5.74) is 3.82. The molecule has 6 heteroatoms. The molecule has 1 aromatic carbocycles. The van der Waals surface area contributed by atoms with Crippen LogP contribution in [0, 0.1) is 0 Å². The highest BCUT2D eigenvalue weighted by Crippen LogP contribution is 2.27. The maximum absolute atomic E-state index is 4.73. The minimum absolute atomic E-state index is 0. The number of thiazole rings is 1. The van der Waals surface area contributed by atoms with Crippen molar-refractivity contribution in [3.63, 3.8) is 0 Å². The summed E-state index contributed by atoms with van der Waals surface area (Å²) in [6, 6.07) is 8.91. The first-order chi connectivity index (χ1) is 10.2. The number of rotatable bonds is 4. The van der Waals surface area contributed by atoms with Crippen molar-refractivity contribution in [3.8, 4) is 10.6 Å².